The minimum atomic E-state index is -3.89. The van der Waals surface area contributed by atoms with Crippen LogP contribution in [0.2, 0.25) is 5.02 Å². The second-order valence-electron chi connectivity index (χ2n) is 4.80. The summed E-state index contributed by atoms with van der Waals surface area (Å²) in [6.07, 6.45) is 1.86. The highest BCUT2D eigenvalue weighted by atomic mass is 79.9. The number of sulfonamides is 1. The van der Waals surface area contributed by atoms with E-state index in [0.717, 1.165) is 12.8 Å². The van der Waals surface area contributed by atoms with Crippen molar-refractivity contribution < 1.29 is 13.2 Å². The van der Waals surface area contributed by atoms with Gasteiger partial charge in [0.25, 0.3) is 5.91 Å². The number of carbonyl (C=O) groups excluding carboxylic acids is 1. The van der Waals surface area contributed by atoms with E-state index < -0.39 is 10.0 Å². The molecule has 1 aliphatic rings. The first-order chi connectivity index (χ1) is 9.21. The molecule has 1 unspecified atom stereocenters. The Morgan fingerprint density at radius 1 is 1.50 bits per heavy atom. The maximum atomic E-state index is 12.5. The average Bonchev–Trinajstić information content (AvgIpc) is 2.76. The van der Waals surface area contributed by atoms with Gasteiger partial charge in [0, 0.05) is 17.1 Å². The summed E-state index contributed by atoms with van der Waals surface area (Å²) in [6.45, 7) is 2.60. The minimum absolute atomic E-state index is 0.121. The lowest BCUT2D eigenvalue weighted by molar-refractivity contribution is 0.0747. The molecule has 0 aromatic heterocycles. The van der Waals surface area contributed by atoms with Gasteiger partial charge in [-0.15, -0.1) is 0 Å². The number of nitrogens with two attached hydrogens (primary N) is 1. The van der Waals surface area contributed by atoms with E-state index in [1.165, 1.54) is 12.1 Å². The molecule has 0 saturated carbocycles. The van der Waals surface area contributed by atoms with Crippen molar-refractivity contribution in [2.75, 3.05) is 6.54 Å². The van der Waals surface area contributed by atoms with Gasteiger partial charge >= 0.3 is 0 Å². The van der Waals surface area contributed by atoms with Crippen LogP contribution in [0.4, 0.5) is 0 Å². The molecule has 0 aliphatic carbocycles. The largest absolute Gasteiger partial charge is 0.336 e. The van der Waals surface area contributed by atoms with E-state index in [1.807, 2.05) is 6.92 Å². The van der Waals surface area contributed by atoms with Crippen LogP contribution in [0.25, 0.3) is 0 Å². The van der Waals surface area contributed by atoms with E-state index in [1.54, 1.807) is 4.90 Å². The van der Waals surface area contributed by atoms with Crippen molar-refractivity contribution in [2.45, 2.75) is 30.7 Å². The van der Waals surface area contributed by atoms with Crippen molar-refractivity contribution in [3.63, 3.8) is 0 Å². The number of primary sulfonamides is 1. The summed E-state index contributed by atoms with van der Waals surface area (Å²) in [6, 6.07) is 2.65. The first kappa shape index (κ1) is 15.8. The molecule has 1 atom stereocenters. The maximum Gasteiger partial charge on any atom is 0.255 e. The highest BCUT2D eigenvalue weighted by Gasteiger charge is 2.29. The molecule has 110 valence electrons. The third-order valence-electron chi connectivity index (χ3n) is 3.37. The van der Waals surface area contributed by atoms with Crippen molar-refractivity contribution >= 4 is 43.5 Å². The SMILES string of the molecule is CC1CCCN1C(=O)c1cc(S(N)(=O)=O)cc(Br)c1Cl. The lowest BCUT2D eigenvalue weighted by Crippen LogP contribution is -2.34. The number of amides is 1. The monoisotopic (exact) mass is 380 g/mol. The van der Waals surface area contributed by atoms with Gasteiger partial charge in [-0.1, -0.05) is 11.6 Å². The zero-order valence-electron chi connectivity index (χ0n) is 10.8. The molecule has 0 spiro atoms. The fourth-order valence-corrected chi connectivity index (χ4v) is 3.64. The second kappa shape index (κ2) is 5.63. The predicted molar refractivity (Wildman–Crippen MR) is 80.3 cm³/mol. The first-order valence-corrected chi connectivity index (χ1v) is 8.76. The quantitative estimate of drug-likeness (QED) is 0.854. The number of likely N-dealkylation sites (tertiary alicyclic amines) is 1. The second-order valence-corrected chi connectivity index (χ2v) is 7.60. The van der Waals surface area contributed by atoms with Crippen molar-refractivity contribution in [3.8, 4) is 0 Å². The lowest BCUT2D eigenvalue weighted by atomic mass is 10.2. The van der Waals surface area contributed by atoms with E-state index in [2.05, 4.69) is 15.9 Å². The lowest BCUT2D eigenvalue weighted by Gasteiger charge is -2.22. The predicted octanol–water partition coefficient (Wildman–Crippen LogP) is 2.37. The van der Waals surface area contributed by atoms with E-state index in [4.69, 9.17) is 16.7 Å². The molecular formula is C12H14BrClN2O3S. The van der Waals surface area contributed by atoms with Gasteiger partial charge in [-0.2, -0.15) is 0 Å². The van der Waals surface area contributed by atoms with E-state index >= 15 is 0 Å². The fraction of sp³-hybridized carbons (Fsp3) is 0.417. The fourth-order valence-electron chi connectivity index (χ4n) is 2.27. The smallest absolute Gasteiger partial charge is 0.255 e. The number of halogens is 2. The molecule has 1 aliphatic heterocycles. The Morgan fingerprint density at radius 2 is 2.15 bits per heavy atom. The van der Waals surface area contributed by atoms with Crippen LogP contribution in [0.3, 0.4) is 0 Å². The van der Waals surface area contributed by atoms with Crippen LogP contribution in [-0.2, 0) is 10.0 Å². The molecule has 0 bridgehead atoms. The molecule has 0 radical (unpaired) electrons. The van der Waals surface area contributed by atoms with Crippen molar-refractivity contribution in [1.29, 1.82) is 0 Å². The molecule has 1 aromatic carbocycles. The van der Waals surface area contributed by atoms with Crippen LogP contribution in [0, 0.1) is 0 Å². The molecule has 2 rings (SSSR count). The normalized spacial score (nSPS) is 19.4. The molecule has 8 heteroatoms. The number of hydrogen-bond donors (Lipinski definition) is 1. The Morgan fingerprint density at radius 3 is 2.65 bits per heavy atom. The summed E-state index contributed by atoms with van der Waals surface area (Å²) in [5, 5.41) is 5.30. The summed E-state index contributed by atoms with van der Waals surface area (Å²) in [4.78, 5) is 14.1. The van der Waals surface area contributed by atoms with E-state index in [0.29, 0.717) is 11.0 Å². The van der Waals surface area contributed by atoms with Gasteiger partial charge in [0.2, 0.25) is 10.0 Å². The number of nitrogens with zero attached hydrogens (tertiary/aromatic N) is 1. The minimum Gasteiger partial charge on any atom is -0.336 e. The van der Waals surface area contributed by atoms with Gasteiger partial charge in [0.1, 0.15) is 0 Å². The first-order valence-electron chi connectivity index (χ1n) is 6.04. The molecular weight excluding hydrogens is 368 g/mol. The van der Waals surface area contributed by atoms with Crippen LogP contribution in [-0.4, -0.2) is 31.8 Å². The summed E-state index contributed by atoms with van der Waals surface area (Å²) in [7, 11) is -3.89. The number of carbonyl (C=O) groups is 1. The zero-order chi connectivity index (χ0) is 15.1. The summed E-state index contributed by atoms with van der Waals surface area (Å²) < 4.78 is 23.2. The number of hydrogen-bond acceptors (Lipinski definition) is 3. The molecule has 1 aromatic rings. The number of rotatable bonds is 2. The summed E-state index contributed by atoms with van der Waals surface area (Å²) in [5.74, 6) is -0.272. The highest BCUT2D eigenvalue weighted by molar-refractivity contribution is 9.10. The van der Waals surface area contributed by atoms with E-state index in [-0.39, 0.29) is 27.4 Å². The van der Waals surface area contributed by atoms with Crippen LogP contribution in [0.15, 0.2) is 21.5 Å². The Hall–Kier alpha value is -0.630. The standard InChI is InChI=1S/C12H14BrClN2O3S/c1-7-3-2-4-16(7)12(17)9-5-8(20(15,18)19)6-10(13)11(9)14/h5-7H,2-4H2,1H3,(H2,15,18,19). The zero-order valence-corrected chi connectivity index (χ0v) is 13.9. The van der Waals surface area contributed by atoms with Crippen LogP contribution < -0.4 is 5.14 Å². The van der Waals surface area contributed by atoms with Crippen LogP contribution in [0.5, 0.6) is 0 Å². The number of benzene rings is 1. The molecule has 1 fully saturated rings. The summed E-state index contributed by atoms with van der Waals surface area (Å²) in [5.41, 5.74) is 0.152. The van der Waals surface area contributed by atoms with E-state index in [9.17, 15) is 13.2 Å². The molecule has 2 N–H and O–H groups in total. The summed E-state index contributed by atoms with van der Waals surface area (Å²) >= 11 is 9.26. The van der Waals surface area contributed by atoms with Gasteiger partial charge in [0.15, 0.2) is 0 Å². The Bertz CT molecular complexity index is 663. The van der Waals surface area contributed by atoms with Crippen LogP contribution in [0.1, 0.15) is 30.1 Å². The molecule has 1 heterocycles. The molecule has 5 nitrogen and oxygen atoms in total. The van der Waals surface area contributed by atoms with Crippen molar-refractivity contribution in [2.24, 2.45) is 5.14 Å². The molecule has 1 saturated heterocycles. The third-order valence-corrected chi connectivity index (χ3v) is 5.53. The average molecular weight is 382 g/mol. The highest BCUT2D eigenvalue weighted by Crippen LogP contribution is 2.31. The van der Waals surface area contributed by atoms with Crippen molar-refractivity contribution in [3.05, 3.63) is 27.2 Å². The Balaban J connectivity index is 2.50. The Labute approximate surface area is 131 Å². The maximum absolute atomic E-state index is 12.5. The topological polar surface area (TPSA) is 80.5 Å². The Kier molecular flexibility index (Phi) is 4.44. The van der Waals surface area contributed by atoms with Gasteiger partial charge < -0.3 is 4.90 Å². The molecule has 20 heavy (non-hydrogen) atoms. The van der Waals surface area contributed by atoms with Gasteiger partial charge in [-0.25, -0.2) is 13.6 Å². The third kappa shape index (κ3) is 3.00. The molecule has 1 amide bonds. The van der Waals surface area contributed by atoms with Crippen molar-refractivity contribution in [1.82, 2.24) is 4.90 Å². The van der Waals surface area contributed by atoms with Gasteiger partial charge in [-0.05, 0) is 47.8 Å². The van der Waals surface area contributed by atoms with Crippen LogP contribution >= 0.6 is 27.5 Å². The van der Waals surface area contributed by atoms with Gasteiger partial charge in [-0.3, -0.25) is 4.79 Å². The van der Waals surface area contributed by atoms with Gasteiger partial charge in [0.05, 0.1) is 15.5 Å².